The van der Waals surface area contributed by atoms with Crippen molar-refractivity contribution in [3.8, 4) is 0 Å². The molecule has 0 unspecified atom stereocenters. The molecule has 0 aliphatic carbocycles. The minimum absolute atomic E-state index is 0.872. The lowest BCUT2D eigenvalue weighted by molar-refractivity contribution is 1.00. The van der Waals surface area contributed by atoms with E-state index in [1.54, 1.807) is 6.08 Å². The summed E-state index contributed by atoms with van der Waals surface area (Å²) in [5.41, 5.74) is 1.94. The Bertz CT molecular complexity index is 145. The number of hydrogen-bond donors (Lipinski definition) is 0. The minimum atomic E-state index is 0.872. The molecular weight excluding hydrogens is 120 g/mol. The first-order chi connectivity index (χ1) is 4.66. The second-order valence-electron chi connectivity index (χ2n) is 2.35. The van der Waals surface area contributed by atoms with E-state index in [0.29, 0.717) is 0 Å². The molecule has 0 nitrogen and oxygen atoms in total. The monoisotopic (exact) mass is 134 g/mol. The van der Waals surface area contributed by atoms with Crippen LogP contribution in [0.5, 0.6) is 0 Å². The van der Waals surface area contributed by atoms with Gasteiger partial charge >= 0.3 is 0 Å². The largest absolute Gasteiger partial charge is 0.0988 e. The summed E-state index contributed by atoms with van der Waals surface area (Å²) in [5.74, 6) is 0. The van der Waals surface area contributed by atoms with Crippen LogP contribution in [0, 0.1) is 6.92 Å². The smallest absolute Gasteiger partial charge is 0.00630 e. The van der Waals surface area contributed by atoms with E-state index in [1.807, 2.05) is 13.0 Å². The maximum Gasteiger partial charge on any atom is -0.00630 e. The highest BCUT2D eigenvalue weighted by molar-refractivity contribution is 5.12. The Hall–Kier alpha value is -0.780. The molecule has 0 heteroatoms. The Morgan fingerprint density at radius 1 is 1.60 bits per heavy atom. The van der Waals surface area contributed by atoms with E-state index >= 15 is 0 Å². The number of hydrogen-bond acceptors (Lipinski definition) is 0. The first-order valence-electron chi connectivity index (χ1n) is 3.39. The Balaban J connectivity index is 3.46. The van der Waals surface area contributed by atoms with Gasteiger partial charge in [0.2, 0.25) is 0 Å². The fraction of sp³-hybridized carbons (Fsp3) is 0.300. The van der Waals surface area contributed by atoms with Gasteiger partial charge in [0.25, 0.3) is 0 Å². The molecule has 0 aromatic heterocycles. The average Bonchev–Trinajstić information content (AvgIpc) is 1.87. The van der Waals surface area contributed by atoms with Gasteiger partial charge in [-0.3, -0.25) is 0 Å². The van der Waals surface area contributed by atoms with Gasteiger partial charge in [0.05, 0.1) is 0 Å². The van der Waals surface area contributed by atoms with Gasteiger partial charge in [0.15, 0.2) is 0 Å². The topological polar surface area (TPSA) is 0 Å². The molecule has 0 saturated heterocycles. The maximum absolute atomic E-state index is 5.43. The molecule has 0 aliphatic rings. The van der Waals surface area contributed by atoms with Crippen LogP contribution < -0.4 is 0 Å². The molecule has 0 bridgehead atoms. The van der Waals surface area contributed by atoms with Crippen LogP contribution in [0.1, 0.15) is 19.8 Å². The van der Waals surface area contributed by atoms with Crippen molar-refractivity contribution < 1.29 is 0 Å². The molecule has 0 saturated carbocycles. The zero-order valence-corrected chi connectivity index (χ0v) is 6.56. The second kappa shape index (κ2) is 5.04. The summed E-state index contributed by atoms with van der Waals surface area (Å²) in [6, 6.07) is 0. The first kappa shape index (κ1) is 9.22. The van der Waals surface area contributed by atoms with Crippen molar-refractivity contribution in [3.05, 3.63) is 43.4 Å². The summed E-state index contributed by atoms with van der Waals surface area (Å²) >= 11 is 0. The fourth-order valence-corrected chi connectivity index (χ4v) is 0.587. The molecule has 0 amide bonds. The lowest BCUT2D eigenvalue weighted by atomic mass is 10.1. The Kier molecular flexibility index (Phi) is 4.65. The molecule has 10 heavy (non-hydrogen) atoms. The van der Waals surface area contributed by atoms with Gasteiger partial charge in [-0.15, -0.1) is 0 Å². The first-order valence-corrected chi connectivity index (χ1v) is 3.39. The van der Waals surface area contributed by atoms with Crippen molar-refractivity contribution in [3.63, 3.8) is 0 Å². The molecule has 0 aromatic rings. The van der Waals surface area contributed by atoms with Crippen LogP contribution in [0.2, 0.25) is 0 Å². The molecule has 0 aromatic carbocycles. The van der Waals surface area contributed by atoms with Gasteiger partial charge in [0, 0.05) is 0 Å². The van der Waals surface area contributed by atoms with Crippen molar-refractivity contribution in [2.45, 2.75) is 19.8 Å². The van der Waals surface area contributed by atoms with E-state index in [0.717, 1.165) is 24.0 Å². The minimum Gasteiger partial charge on any atom is -0.0988 e. The third-order valence-electron chi connectivity index (χ3n) is 1.22. The van der Waals surface area contributed by atoms with Crippen molar-refractivity contribution in [2.24, 2.45) is 0 Å². The normalized spacial score (nSPS) is 11.2. The molecule has 0 heterocycles. The maximum atomic E-state index is 5.43. The quantitative estimate of drug-likeness (QED) is 0.518. The van der Waals surface area contributed by atoms with Gasteiger partial charge < -0.3 is 0 Å². The van der Waals surface area contributed by atoms with Crippen molar-refractivity contribution >= 4 is 0 Å². The average molecular weight is 134 g/mol. The zero-order valence-electron chi connectivity index (χ0n) is 6.56. The van der Waals surface area contributed by atoms with E-state index in [2.05, 4.69) is 13.2 Å². The molecular formula is C10H14. The Labute approximate surface area is 64.0 Å². The summed E-state index contributed by atoms with van der Waals surface area (Å²) in [6.45, 7) is 14.7. The summed E-state index contributed by atoms with van der Waals surface area (Å²) in [6.07, 6.45) is 5.69. The lowest BCUT2D eigenvalue weighted by Crippen LogP contribution is -1.74. The lowest BCUT2D eigenvalue weighted by Gasteiger charge is -1.94. The molecule has 0 fully saturated rings. The van der Waals surface area contributed by atoms with Crippen LogP contribution in [-0.2, 0) is 0 Å². The van der Waals surface area contributed by atoms with E-state index in [9.17, 15) is 0 Å². The third-order valence-corrected chi connectivity index (χ3v) is 1.22. The van der Waals surface area contributed by atoms with Crippen LogP contribution in [-0.4, -0.2) is 0 Å². The third kappa shape index (κ3) is 5.36. The summed E-state index contributed by atoms with van der Waals surface area (Å²) in [7, 11) is 0. The summed E-state index contributed by atoms with van der Waals surface area (Å²) in [5, 5.41) is 0. The van der Waals surface area contributed by atoms with E-state index < -0.39 is 0 Å². The van der Waals surface area contributed by atoms with Gasteiger partial charge in [-0.1, -0.05) is 36.5 Å². The Morgan fingerprint density at radius 2 is 2.20 bits per heavy atom. The van der Waals surface area contributed by atoms with Crippen LogP contribution >= 0.6 is 0 Å². The van der Waals surface area contributed by atoms with E-state index in [1.165, 1.54) is 0 Å². The van der Waals surface area contributed by atoms with Crippen LogP contribution in [0.25, 0.3) is 0 Å². The summed E-state index contributed by atoms with van der Waals surface area (Å²) < 4.78 is 0. The van der Waals surface area contributed by atoms with Gasteiger partial charge in [-0.2, -0.15) is 0 Å². The van der Waals surface area contributed by atoms with Gasteiger partial charge in [-0.05, 0) is 26.7 Å². The predicted octanol–water partition coefficient (Wildman–Crippen LogP) is 3.17. The van der Waals surface area contributed by atoms with E-state index in [-0.39, 0.29) is 0 Å². The van der Waals surface area contributed by atoms with Crippen LogP contribution in [0.3, 0.4) is 0 Å². The molecule has 0 rings (SSSR count). The highest BCUT2D eigenvalue weighted by atomic mass is 13.9. The van der Waals surface area contributed by atoms with E-state index in [4.69, 9.17) is 6.92 Å². The second-order valence-corrected chi connectivity index (χ2v) is 2.35. The van der Waals surface area contributed by atoms with Crippen molar-refractivity contribution in [2.75, 3.05) is 0 Å². The van der Waals surface area contributed by atoms with Gasteiger partial charge in [0.1, 0.15) is 0 Å². The van der Waals surface area contributed by atoms with Gasteiger partial charge in [-0.25, -0.2) is 0 Å². The highest BCUT2D eigenvalue weighted by Crippen LogP contribution is 2.04. The number of allylic oxidation sites excluding steroid dienone is 4. The molecule has 0 spiro atoms. The molecule has 0 atom stereocenters. The van der Waals surface area contributed by atoms with Crippen molar-refractivity contribution in [1.82, 2.24) is 0 Å². The highest BCUT2D eigenvalue weighted by Gasteiger charge is 1.84. The SMILES string of the molecule is [CH]/C(C)=C/CCC(=C)C=C. The van der Waals surface area contributed by atoms with Crippen LogP contribution in [0.15, 0.2) is 36.5 Å². The predicted molar refractivity (Wildman–Crippen MR) is 46.6 cm³/mol. The van der Waals surface area contributed by atoms with Crippen LogP contribution in [0.4, 0.5) is 0 Å². The standard InChI is InChI=1S/C10H14/c1-5-10(4)8-6-7-9(2)3/h2,5,7H,1,4,6,8H2,3H3/b9-7-. The molecule has 0 aliphatic heterocycles. The van der Waals surface area contributed by atoms with Crippen molar-refractivity contribution in [1.29, 1.82) is 0 Å². The summed E-state index contributed by atoms with van der Waals surface area (Å²) in [4.78, 5) is 0. The molecule has 0 N–H and O–H groups in total. The number of rotatable bonds is 4. The fourth-order valence-electron chi connectivity index (χ4n) is 0.587. The molecule has 54 valence electrons. The Morgan fingerprint density at radius 3 is 2.60 bits per heavy atom. The zero-order chi connectivity index (χ0) is 7.98. The molecule has 2 radical (unpaired) electrons.